The maximum Gasteiger partial charge on any atom is 0.0980 e. The van der Waals surface area contributed by atoms with E-state index in [0.29, 0.717) is 6.54 Å². The van der Waals surface area contributed by atoms with Crippen molar-refractivity contribution in [3.63, 3.8) is 0 Å². The predicted octanol–water partition coefficient (Wildman–Crippen LogP) is 2.71. The van der Waals surface area contributed by atoms with E-state index in [4.69, 9.17) is 10.2 Å². The van der Waals surface area contributed by atoms with Crippen LogP contribution in [-0.4, -0.2) is 0 Å². The Morgan fingerprint density at radius 2 is 2.07 bits per heavy atom. The largest absolute Gasteiger partial charge is 0.472 e. The zero-order valence-electron chi connectivity index (χ0n) is 8.16. The Kier molecular flexibility index (Phi) is 2.37. The van der Waals surface area contributed by atoms with Gasteiger partial charge in [0.2, 0.25) is 0 Å². The molecule has 0 spiro atoms. The second-order valence-electron chi connectivity index (χ2n) is 3.36. The van der Waals surface area contributed by atoms with E-state index in [0.717, 1.165) is 5.56 Å². The van der Waals surface area contributed by atoms with Gasteiger partial charge in [0.15, 0.2) is 0 Å². The summed E-state index contributed by atoms with van der Waals surface area (Å²) in [5.41, 5.74) is 10.3. The Bertz CT molecular complexity index is 418. The average Bonchev–Trinajstić information content (AvgIpc) is 2.70. The lowest BCUT2D eigenvalue weighted by atomic mass is 10.0. The van der Waals surface area contributed by atoms with Crippen LogP contribution in [0.4, 0.5) is 0 Å². The molecule has 72 valence electrons. The summed E-state index contributed by atoms with van der Waals surface area (Å²) >= 11 is 0. The SMILES string of the molecule is Cc1cc(-c2ccoc2)ccc1CN. The first kappa shape index (κ1) is 9.03. The van der Waals surface area contributed by atoms with Gasteiger partial charge in [0, 0.05) is 12.1 Å². The van der Waals surface area contributed by atoms with Gasteiger partial charge in [0.25, 0.3) is 0 Å². The summed E-state index contributed by atoms with van der Waals surface area (Å²) < 4.78 is 5.04. The number of nitrogens with two attached hydrogens (primary N) is 1. The van der Waals surface area contributed by atoms with Crippen molar-refractivity contribution in [2.24, 2.45) is 5.73 Å². The molecular weight excluding hydrogens is 174 g/mol. The summed E-state index contributed by atoms with van der Waals surface area (Å²) in [7, 11) is 0. The average molecular weight is 187 g/mol. The molecule has 0 amide bonds. The van der Waals surface area contributed by atoms with Crippen LogP contribution in [-0.2, 0) is 6.54 Å². The highest BCUT2D eigenvalue weighted by atomic mass is 16.3. The van der Waals surface area contributed by atoms with Gasteiger partial charge in [-0.1, -0.05) is 18.2 Å². The van der Waals surface area contributed by atoms with E-state index in [1.54, 1.807) is 12.5 Å². The highest BCUT2D eigenvalue weighted by molar-refractivity contribution is 5.63. The minimum Gasteiger partial charge on any atom is -0.472 e. The van der Waals surface area contributed by atoms with Crippen molar-refractivity contribution in [3.05, 3.63) is 47.9 Å². The molecule has 0 radical (unpaired) electrons. The highest BCUT2D eigenvalue weighted by Crippen LogP contribution is 2.22. The minimum atomic E-state index is 0.595. The summed E-state index contributed by atoms with van der Waals surface area (Å²) in [5, 5.41) is 0. The Morgan fingerprint density at radius 3 is 2.64 bits per heavy atom. The van der Waals surface area contributed by atoms with E-state index in [2.05, 4.69) is 25.1 Å². The van der Waals surface area contributed by atoms with Crippen LogP contribution < -0.4 is 5.73 Å². The fourth-order valence-electron chi connectivity index (χ4n) is 1.53. The van der Waals surface area contributed by atoms with Crippen molar-refractivity contribution in [2.75, 3.05) is 0 Å². The van der Waals surface area contributed by atoms with Crippen molar-refractivity contribution in [3.8, 4) is 11.1 Å². The predicted molar refractivity (Wildman–Crippen MR) is 56.8 cm³/mol. The van der Waals surface area contributed by atoms with Gasteiger partial charge < -0.3 is 10.2 Å². The van der Waals surface area contributed by atoms with E-state index in [-0.39, 0.29) is 0 Å². The minimum absolute atomic E-state index is 0.595. The standard InChI is InChI=1S/C12H13NO/c1-9-6-10(2-3-11(9)7-13)12-4-5-14-8-12/h2-6,8H,7,13H2,1H3. The molecule has 0 bridgehead atoms. The van der Waals surface area contributed by atoms with E-state index in [1.165, 1.54) is 16.7 Å². The van der Waals surface area contributed by atoms with Crippen molar-refractivity contribution in [1.29, 1.82) is 0 Å². The summed E-state index contributed by atoms with van der Waals surface area (Å²) in [6, 6.07) is 8.22. The van der Waals surface area contributed by atoms with Crippen LogP contribution in [0.1, 0.15) is 11.1 Å². The van der Waals surface area contributed by atoms with Gasteiger partial charge in [-0.05, 0) is 29.7 Å². The summed E-state index contributed by atoms with van der Waals surface area (Å²) in [5.74, 6) is 0. The fourth-order valence-corrected chi connectivity index (χ4v) is 1.53. The van der Waals surface area contributed by atoms with Gasteiger partial charge in [-0.25, -0.2) is 0 Å². The van der Waals surface area contributed by atoms with E-state index in [1.807, 2.05) is 6.07 Å². The molecule has 0 aliphatic rings. The van der Waals surface area contributed by atoms with Crippen LogP contribution in [0.5, 0.6) is 0 Å². The molecule has 2 rings (SSSR count). The molecule has 2 aromatic rings. The summed E-state index contributed by atoms with van der Waals surface area (Å²) in [6.07, 6.45) is 3.43. The number of rotatable bonds is 2. The third kappa shape index (κ3) is 1.56. The molecule has 1 aromatic carbocycles. The van der Waals surface area contributed by atoms with Gasteiger partial charge in [-0.2, -0.15) is 0 Å². The first-order valence-corrected chi connectivity index (χ1v) is 4.63. The number of hydrogen-bond acceptors (Lipinski definition) is 2. The van der Waals surface area contributed by atoms with Gasteiger partial charge in [0.05, 0.1) is 12.5 Å². The molecule has 0 fully saturated rings. The normalized spacial score (nSPS) is 10.4. The third-order valence-corrected chi connectivity index (χ3v) is 2.42. The summed E-state index contributed by atoms with van der Waals surface area (Å²) in [6.45, 7) is 2.67. The van der Waals surface area contributed by atoms with Crippen LogP contribution in [0.25, 0.3) is 11.1 Å². The molecule has 0 aliphatic heterocycles. The molecule has 14 heavy (non-hydrogen) atoms. The van der Waals surface area contributed by atoms with Gasteiger partial charge in [0.1, 0.15) is 0 Å². The fraction of sp³-hybridized carbons (Fsp3) is 0.167. The monoisotopic (exact) mass is 187 g/mol. The lowest BCUT2D eigenvalue weighted by Gasteiger charge is -2.04. The lowest BCUT2D eigenvalue weighted by molar-refractivity contribution is 0.568. The number of furan rings is 1. The highest BCUT2D eigenvalue weighted by Gasteiger charge is 2.01. The van der Waals surface area contributed by atoms with Crippen molar-refractivity contribution < 1.29 is 4.42 Å². The molecule has 1 aromatic heterocycles. The zero-order chi connectivity index (χ0) is 9.97. The van der Waals surface area contributed by atoms with Crippen LogP contribution in [0.3, 0.4) is 0 Å². The molecule has 0 aliphatic carbocycles. The number of hydrogen-bond donors (Lipinski definition) is 1. The smallest absolute Gasteiger partial charge is 0.0980 e. The van der Waals surface area contributed by atoms with Crippen molar-refractivity contribution >= 4 is 0 Å². The first-order valence-electron chi connectivity index (χ1n) is 4.63. The molecule has 2 N–H and O–H groups in total. The number of aryl methyl sites for hydroxylation is 1. The van der Waals surface area contributed by atoms with Crippen LogP contribution >= 0.6 is 0 Å². The Morgan fingerprint density at radius 1 is 1.21 bits per heavy atom. The maximum absolute atomic E-state index is 5.60. The Balaban J connectivity index is 2.43. The van der Waals surface area contributed by atoms with Gasteiger partial charge in [-0.15, -0.1) is 0 Å². The molecule has 2 heteroatoms. The molecule has 0 saturated heterocycles. The molecule has 0 unspecified atom stereocenters. The van der Waals surface area contributed by atoms with Crippen molar-refractivity contribution in [1.82, 2.24) is 0 Å². The second-order valence-corrected chi connectivity index (χ2v) is 3.36. The van der Waals surface area contributed by atoms with Crippen molar-refractivity contribution in [2.45, 2.75) is 13.5 Å². The molecular formula is C12H13NO. The Hall–Kier alpha value is -1.54. The first-order chi connectivity index (χ1) is 6.81. The third-order valence-electron chi connectivity index (χ3n) is 2.42. The number of benzene rings is 1. The molecule has 0 atom stereocenters. The topological polar surface area (TPSA) is 39.2 Å². The van der Waals surface area contributed by atoms with Crippen LogP contribution in [0.2, 0.25) is 0 Å². The quantitative estimate of drug-likeness (QED) is 0.785. The van der Waals surface area contributed by atoms with Crippen LogP contribution in [0.15, 0.2) is 41.2 Å². The molecule has 0 saturated carbocycles. The molecule has 1 heterocycles. The van der Waals surface area contributed by atoms with E-state index >= 15 is 0 Å². The lowest BCUT2D eigenvalue weighted by Crippen LogP contribution is -1.98. The maximum atomic E-state index is 5.60. The van der Waals surface area contributed by atoms with Gasteiger partial charge >= 0.3 is 0 Å². The van der Waals surface area contributed by atoms with Gasteiger partial charge in [-0.3, -0.25) is 0 Å². The summed E-state index contributed by atoms with van der Waals surface area (Å²) in [4.78, 5) is 0. The Labute approximate surface area is 83.4 Å². The molecule has 2 nitrogen and oxygen atoms in total. The van der Waals surface area contributed by atoms with E-state index in [9.17, 15) is 0 Å². The second kappa shape index (κ2) is 3.68. The zero-order valence-corrected chi connectivity index (χ0v) is 8.16. The van der Waals surface area contributed by atoms with E-state index < -0.39 is 0 Å². The van der Waals surface area contributed by atoms with Crippen LogP contribution in [0, 0.1) is 6.92 Å².